The van der Waals surface area contributed by atoms with E-state index in [-0.39, 0.29) is 12.6 Å². The van der Waals surface area contributed by atoms with Gasteiger partial charge in [0.25, 0.3) is 0 Å². The Kier molecular flexibility index (Phi) is 5.55. The van der Waals surface area contributed by atoms with Crippen LogP contribution >= 0.6 is 0 Å². The summed E-state index contributed by atoms with van der Waals surface area (Å²) in [6, 6.07) is 7.47. The number of fused-ring (bicyclic) bond motifs is 1. The van der Waals surface area contributed by atoms with Crippen LogP contribution < -0.4 is 5.32 Å². The fourth-order valence-corrected chi connectivity index (χ4v) is 3.82. The lowest BCUT2D eigenvalue weighted by molar-refractivity contribution is 0.0535. The number of carbonyl (C=O) groups is 1. The van der Waals surface area contributed by atoms with Gasteiger partial charge >= 0.3 is 5.97 Å². The topological polar surface area (TPSA) is 113 Å². The number of hydrogen-bond acceptors (Lipinski definition) is 7. The van der Waals surface area contributed by atoms with Crippen molar-refractivity contribution in [3.05, 3.63) is 69.7 Å². The van der Waals surface area contributed by atoms with E-state index in [9.17, 15) is 9.90 Å². The second kappa shape index (κ2) is 8.30. The Balaban J connectivity index is 1.42. The summed E-state index contributed by atoms with van der Waals surface area (Å²) >= 11 is 0. The number of nitrogens with one attached hydrogen (secondary N) is 1. The third kappa shape index (κ3) is 3.93. The molecule has 0 aliphatic carbocycles. The zero-order chi connectivity index (χ0) is 22.1. The third-order valence-corrected chi connectivity index (χ3v) is 5.60. The van der Waals surface area contributed by atoms with Gasteiger partial charge in [0.1, 0.15) is 18.4 Å². The van der Waals surface area contributed by atoms with Crippen LogP contribution in [-0.2, 0) is 24.9 Å². The lowest BCUT2D eigenvalue weighted by Gasteiger charge is -2.16. The number of hydrogen-bond donors (Lipinski definition) is 2. The Labute approximate surface area is 180 Å². The molecule has 0 radical (unpaired) electrons. The zero-order valence-electron chi connectivity index (χ0n) is 17.6. The minimum absolute atomic E-state index is 0.257. The number of carbonyl (C=O) groups excluding carboxylic acids is 1. The molecule has 8 heteroatoms. The standard InChI is InChI=1S/C23H23N5O3/c1-13-6-20(26-8-15(13)7-24)22-27-16(11-28(22)3)9-25-10-21(29)17-4-5-18-19(14(17)2)12-31-23(18)30/h4-6,8,11,21,25,29H,9-10,12H2,1-3H3. The third-order valence-electron chi connectivity index (χ3n) is 5.60. The molecule has 1 aromatic carbocycles. The van der Waals surface area contributed by atoms with Crippen LogP contribution in [0, 0.1) is 25.2 Å². The quantitative estimate of drug-likeness (QED) is 0.592. The monoisotopic (exact) mass is 417 g/mol. The van der Waals surface area contributed by atoms with Crippen LogP contribution in [0.2, 0.25) is 0 Å². The molecule has 8 nitrogen and oxygen atoms in total. The number of aliphatic hydroxyl groups is 1. The van der Waals surface area contributed by atoms with E-state index in [0.717, 1.165) is 27.9 Å². The molecule has 2 N–H and O–H groups in total. The van der Waals surface area contributed by atoms with Gasteiger partial charge in [0.2, 0.25) is 0 Å². The number of aromatic nitrogens is 3. The number of benzene rings is 1. The highest BCUT2D eigenvalue weighted by molar-refractivity contribution is 5.93. The summed E-state index contributed by atoms with van der Waals surface area (Å²) in [6.07, 6.45) is 2.76. The molecule has 1 aliphatic heterocycles. The predicted octanol–water partition coefficient (Wildman–Crippen LogP) is 2.46. The summed E-state index contributed by atoms with van der Waals surface area (Å²) in [4.78, 5) is 20.7. The molecule has 0 fully saturated rings. The number of esters is 1. The molecular weight excluding hydrogens is 394 g/mol. The zero-order valence-corrected chi connectivity index (χ0v) is 17.6. The van der Waals surface area contributed by atoms with E-state index in [1.165, 1.54) is 0 Å². The largest absolute Gasteiger partial charge is 0.457 e. The molecule has 4 rings (SSSR count). The van der Waals surface area contributed by atoms with Gasteiger partial charge in [-0.2, -0.15) is 5.26 Å². The van der Waals surface area contributed by atoms with E-state index in [1.807, 2.05) is 37.7 Å². The number of ether oxygens (including phenoxy) is 1. The van der Waals surface area contributed by atoms with Gasteiger partial charge in [-0.25, -0.2) is 9.78 Å². The minimum atomic E-state index is -0.716. The van der Waals surface area contributed by atoms with Crippen LogP contribution in [-0.4, -0.2) is 32.2 Å². The van der Waals surface area contributed by atoms with Gasteiger partial charge in [0.15, 0.2) is 5.82 Å². The molecule has 0 amide bonds. The highest BCUT2D eigenvalue weighted by atomic mass is 16.5. The van der Waals surface area contributed by atoms with Crippen LogP contribution in [0.4, 0.5) is 0 Å². The van der Waals surface area contributed by atoms with Crippen molar-refractivity contribution in [2.24, 2.45) is 7.05 Å². The summed E-state index contributed by atoms with van der Waals surface area (Å²) in [7, 11) is 1.90. The van der Waals surface area contributed by atoms with Gasteiger partial charge in [-0.3, -0.25) is 4.98 Å². The van der Waals surface area contributed by atoms with Crippen LogP contribution in [0.25, 0.3) is 11.5 Å². The minimum Gasteiger partial charge on any atom is -0.457 e. The molecule has 0 saturated carbocycles. The van der Waals surface area contributed by atoms with Crippen LogP contribution in [0.5, 0.6) is 0 Å². The number of nitrogens with zero attached hydrogens (tertiary/aromatic N) is 4. The first-order chi connectivity index (χ1) is 14.9. The molecule has 3 aromatic rings. The maximum absolute atomic E-state index is 11.7. The van der Waals surface area contributed by atoms with Crippen LogP contribution in [0.15, 0.2) is 30.6 Å². The number of aliphatic hydroxyl groups excluding tert-OH is 1. The molecular formula is C23H23N5O3. The summed E-state index contributed by atoms with van der Waals surface area (Å²) < 4.78 is 6.97. The van der Waals surface area contributed by atoms with E-state index in [2.05, 4.69) is 21.4 Å². The Hall–Kier alpha value is -3.54. The molecule has 1 atom stereocenters. The number of nitriles is 1. The van der Waals surface area contributed by atoms with Crippen molar-refractivity contribution in [1.82, 2.24) is 19.9 Å². The first-order valence-electron chi connectivity index (χ1n) is 9.96. The van der Waals surface area contributed by atoms with Gasteiger partial charge in [0.05, 0.1) is 22.9 Å². The fourth-order valence-electron chi connectivity index (χ4n) is 3.82. The summed E-state index contributed by atoms with van der Waals surface area (Å²) in [5, 5.41) is 23.0. The summed E-state index contributed by atoms with van der Waals surface area (Å²) in [5.41, 5.74) is 6.02. The number of pyridine rings is 1. The number of rotatable bonds is 6. The predicted molar refractivity (Wildman–Crippen MR) is 113 cm³/mol. The first-order valence-corrected chi connectivity index (χ1v) is 9.96. The maximum atomic E-state index is 11.7. The van der Waals surface area contributed by atoms with Crippen molar-refractivity contribution in [1.29, 1.82) is 5.26 Å². The molecule has 1 aliphatic rings. The molecule has 0 spiro atoms. The Morgan fingerprint density at radius 3 is 2.94 bits per heavy atom. The van der Waals surface area contributed by atoms with E-state index >= 15 is 0 Å². The van der Waals surface area contributed by atoms with Gasteiger partial charge in [0, 0.05) is 38.1 Å². The molecule has 0 bridgehead atoms. The van der Waals surface area contributed by atoms with Gasteiger partial charge in [-0.1, -0.05) is 6.07 Å². The second-order valence-electron chi connectivity index (χ2n) is 7.69. The Morgan fingerprint density at radius 1 is 1.39 bits per heavy atom. The second-order valence-corrected chi connectivity index (χ2v) is 7.69. The fraction of sp³-hybridized carbons (Fsp3) is 0.304. The average molecular weight is 417 g/mol. The first kappa shape index (κ1) is 20.7. The average Bonchev–Trinajstić information content (AvgIpc) is 3.31. The van der Waals surface area contributed by atoms with Crippen molar-refractivity contribution in [2.75, 3.05) is 6.54 Å². The van der Waals surface area contributed by atoms with E-state index in [1.54, 1.807) is 18.3 Å². The number of cyclic esters (lactones) is 1. The van der Waals surface area contributed by atoms with Crippen LogP contribution in [0.1, 0.15) is 50.0 Å². The van der Waals surface area contributed by atoms with E-state index in [0.29, 0.717) is 35.7 Å². The van der Waals surface area contributed by atoms with Crippen molar-refractivity contribution in [3.63, 3.8) is 0 Å². The normalized spacial score (nSPS) is 13.6. The Morgan fingerprint density at radius 2 is 2.19 bits per heavy atom. The van der Waals surface area contributed by atoms with E-state index in [4.69, 9.17) is 10.00 Å². The molecule has 2 aromatic heterocycles. The van der Waals surface area contributed by atoms with Crippen molar-refractivity contribution in [3.8, 4) is 17.6 Å². The summed E-state index contributed by atoms with van der Waals surface area (Å²) in [5.74, 6) is 0.402. The number of imidazole rings is 1. The molecule has 31 heavy (non-hydrogen) atoms. The molecule has 158 valence electrons. The van der Waals surface area contributed by atoms with Crippen molar-refractivity contribution < 1.29 is 14.6 Å². The Bertz CT molecular complexity index is 1210. The van der Waals surface area contributed by atoms with Crippen molar-refractivity contribution >= 4 is 5.97 Å². The highest BCUT2D eigenvalue weighted by Gasteiger charge is 2.25. The van der Waals surface area contributed by atoms with E-state index < -0.39 is 6.10 Å². The van der Waals surface area contributed by atoms with Crippen molar-refractivity contribution in [2.45, 2.75) is 33.1 Å². The lowest BCUT2D eigenvalue weighted by atomic mass is 9.95. The molecule has 1 unspecified atom stereocenters. The smallest absolute Gasteiger partial charge is 0.338 e. The highest BCUT2D eigenvalue weighted by Crippen LogP contribution is 2.29. The van der Waals surface area contributed by atoms with Gasteiger partial charge in [-0.15, -0.1) is 0 Å². The molecule has 3 heterocycles. The summed E-state index contributed by atoms with van der Waals surface area (Å²) in [6.45, 7) is 4.85. The SMILES string of the molecule is Cc1cc(-c2nc(CNCC(O)c3ccc4c(c3C)COC4=O)cn2C)ncc1C#N. The maximum Gasteiger partial charge on any atom is 0.338 e. The van der Waals surface area contributed by atoms with Gasteiger partial charge in [-0.05, 0) is 42.7 Å². The number of aryl methyl sites for hydroxylation is 2. The molecule has 0 saturated heterocycles. The van der Waals surface area contributed by atoms with Gasteiger partial charge < -0.3 is 19.7 Å². The lowest BCUT2D eigenvalue weighted by Crippen LogP contribution is -2.22. The van der Waals surface area contributed by atoms with Crippen LogP contribution in [0.3, 0.4) is 0 Å².